The van der Waals surface area contributed by atoms with Crippen LogP contribution in [0.5, 0.6) is 5.75 Å². The van der Waals surface area contributed by atoms with Crippen LogP contribution in [0.3, 0.4) is 0 Å². The van der Waals surface area contributed by atoms with Crippen molar-refractivity contribution >= 4 is 0 Å². The average Bonchev–Trinajstić information content (AvgIpc) is 2.38. The molecule has 1 atom stereocenters. The molecule has 2 heteroatoms. The number of rotatable bonds is 8. The number of phenols is 1. The van der Waals surface area contributed by atoms with E-state index in [1.165, 1.54) is 18.4 Å². The van der Waals surface area contributed by atoms with Crippen molar-refractivity contribution in [2.75, 3.05) is 13.1 Å². The van der Waals surface area contributed by atoms with Crippen molar-refractivity contribution in [3.8, 4) is 5.75 Å². The molecule has 0 bridgehead atoms. The first-order valence-corrected chi connectivity index (χ1v) is 7.93. The maximum atomic E-state index is 9.42. The Hall–Kier alpha value is -1.02. The molecule has 0 heterocycles. The van der Waals surface area contributed by atoms with Crippen LogP contribution in [-0.4, -0.2) is 23.1 Å². The third-order valence-corrected chi connectivity index (χ3v) is 3.91. The zero-order chi connectivity index (χ0) is 15.1. The van der Waals surface area contributed by atoms with Gasteiger partial charge in [-0.3, -0.25) is 4.90 Å². The maximum Gasteiger partial charge on any atom is 0.115 e. The van der Waals surface area contributed by atoms with Crippen LogP contribution in [0.15, 0.2) is 24.3 Å². The van der Waals surface area contributed by atoms with E-state index in [-0.39, 0.29) is 0 Å². The van der Waals surface area contributed by atoms with Gasteiger partial charge in [-0.1, -0.05) is 39.8 Å². The Morgan fingerprint density at radius 2 is 1.30 bits per heavy atom. The fourth-order valence-corrected chi connectivity index (χ4v) is 2.31. The van der Waals surface area contributed by atoms with Crippen molar-refractivity contribution in [2.24, 2.45) is 11.8 Å². The molecule has 0 aliphatic carbocycles. The van der Waals surface area contributed by atoms with Crippen LogP contribution in [0.1, 0.15) is 59.1 Å². The molecule has 0 fully saturated rings. The molecular formula is C18H31NO. The molecule has 0 aliphatic heterocycles. The normalized spacial score (nSPS) is 13.4. The van der Waals surface area contributed by atoms with Crippen molar-refractivity contribution < 1.29 is 5.11 Å². The first-order chi connectivity index (χ1) is 9.40. The Morgan fingerprint density at radius 3 is 1.70 bits per heavy atom. The second-order valence-corrected chi connectivity index (χ2v) is 6.67. The number of hydrogen-bond donors (Lipinski definition) is 1. The molecule has 2 nitrogen and oxygen atoms in total. The Bertz CT molecular complexity index is 358. The minimum atomic E-state index is 0.344. The molecule has 0 saturated heterocycles. The summed E-state index contributed by atoms with van der Waals surface area (Å²) in [6.45, 7) is 13.7. The van der Waals surface area contributed by atoms with Crippen LogP contribution in [0, 0.1) is 11.8 Å². The highest BCUT2D eigenvalue weighted by atomic mass is 16.3. The van der Waals surface area contributed by atoms with Gasteiger partial charge in [0.15, 0.2) is 0 Å². The molecule has 1 aromatic rings. The highest BCUT2D eigenvalue weighted by molar-refractivity contribution is 5.27. The van der Waals surface area contributed by atoms with E-state index in [2.05, 4.69) is 39.5 Å². The number of hydrogen-bond acceptors (Lipinski definition) is 2. The number of phenolic OH excluding ortho intramolecular Hbond substituents is 1. The summed E-state index contributed by atoms with van der Waals surface area (Å²) in [6.07, 6.45) is 2.47. The molecule has 0 aromatic heterocycles. The lowest BCUT2D eigenvalue weighted by Crippen LogP contribution is -2.30. The quantitative estimate of drug-likeness (QED) is 0.734. The van der Waals surface area contributed by atoms with E-state index in [1.807, 2.05) is 12.1 Å². The molecule has 1 unspecified atom stereocenters. The number of benzene rings is 1. The first kappa shape index (κ1) is 17.0. The van der Waals surface area contributed by atoms with Crippen molar-refractivity contribution in [3.63, 3.8) is 0 Å². The highest BCUT2D eigenvalue weighted by Gasteiger charge is 2.16. The molecule has 0 amide bonds. The van der Waals surface area contributed by atoms with E-state index in [0.29, 0.717) is 11.8 Å². The summed E-state index contributed by atoms with van der Waals surface area (Å²) >= 11 is 0. The molecule has 0 saturated carbocycles. The van der Waals surface area contributed by atoms with E-state index in [0.717, 1.165) is 24.9 Å². The summed E-state index contributed by atoms with van der Waals surface area (Å²) < 4.78 is 0. The summed E-state index contributed by atoms with van der Waals surface area (Å²) in [5.74, 6) is 1.82. The SMILES string of the molecule is CC(C)CCN(CCC(C)C)C(C)c1ccc(O)cc1. The molecule has 0 aliphatic rings. The van der Waals surface area contributed by atoms with Gasteiger partial charge in [0.2, 0.25) is 0 Å². The van der Waals surface area contributed by atoms with E-state index < -0.39 is 0 Å². The third kappa shape index (κ3) is 5.96. The average molecular weight is 277 g/mol. The zero-order valence-electron chi connectivity index (χ0n) is 13.8. The summed E-state index contributed by atoms with van der Waals surface area (Å²) in [4.78, 5) is 2.58. The van der Waals surface area contributed by atoms with E-state index in [9.17, 15) is 5.11 Å². The van der Waals surface area contributed by atoms with E-state index in [1.54, 1.807) is 12.1 Å². The van der Waals surface area contributed by atoms with Gasteiger partial charge in [0.25, 0.3) is 0 Å². The number of aromatic hydroxyl groups is 1. The standard InChI is InChI=1S/C18H31NO/c1-14(2)10-12-19(13-11-15(3)4)16(5)17-6-8-18(20)9-7-17/h6-9,14-16,20H,10-13H2,1-5H3. The molecule has 0 radical (unpaired) electrons. The predicted octanol–water partition coefficient (Wildman–Crippen LogP) is 4.85. The molecule has 1 rings (SSSR count). The second-order valence-electron chi connectivity index (χ2n) is 6.67. The maximum absolute atomic E-state index is 9.42. The minimum Gasteiger partial charge on any atom is -0.508 e. The van der Waals surface area contributed by atoms with Crippen LogP contribution in [-0.2, 0) is 0 Å². The van der Waals surface area contributed by atoms with Gasteiger partial charge in [0.1, 0.15) is 5.75 Å². The third-order valence-electron chi connectivity index (χ3n) is 3.91. The van der Waals surface area contributed by atoms with Gasteiger partial charge in [-0.2, -0.15) is 0 Å². The van der Waals surface area contributed by atoms with E-state index in [4.69, 9.17) is 0 Å². The molecule has 114 valence electrons. The summed E-state index contributed by atoms with van der Waals surface area (Å²) in [6, 6.07) is 8.06. The van der Waals surface area contributed by atoms with Crippen molar-refractivity contribution in [1.29, 1.82) is 0 Å². The molecule has 20 heavy (non-hydrogen) atoms. The van der Waals surface area contributed by atoms with Gasteiger partial charge < -0.3 is 5.11 Å². The highest BCUT2D eigenvalue weighted by Crippen LogP contribution is 2.24. The molecule has 0 spiro atoms. The zero-order valence-corrected chi connectivity index (χ0v) is 13.8. The van der Waals surface area contributed by atoms with Crippen molar-refractivity contribution in [2.45, 2.75) is 53.5 Å². The van der Waals surface area contributed by atoms with E-state index >= 15 is 0 Å². The number of nitrogens with zero attached hydrogens (tertiary/aromatic N) is 1. The topological polar surface area (TPSA) is 23.5 Å². The fraction of sp³-hybridized carbons (Fsp3) is 0.667. The summed E-state index contributed by atoms with van der Waals surface area (Å²) in [7, 11) is 0. The van der Waals surface area contributed by atoms with Crippen molar-refractivity contribution in [3.05, 3.63) is 29.8 Å². The Morgan fingerprint density at radius 1 is 0.850 bits per heavy atom. The van der Waals surface area contributed by atoms with Crippen LogP contribution < -0.4 is 0 Å². The fourth-order valence-electron chi connectivity index (χ4n) is 2.31. The van der Waals surface area contributed by atoms with Crippen LogP contribution in [0.2, 0.25) is 0 Å². The first-order valence-electron chi connectivity index (χ1n) is 7.93. The molecule has 1 aromatic carbocycles. The van der Waals surface area contributed by atoms with Gasteiger partial charge >= 0.3 is 0 Å². The van der Waals surface area contributed by atoms with Crippen LogP contribution >= 0.6 is 0 Å². The molecular weight excluding hydrogens is 246 g/mol. The van der Waals surface area contributed by atoms with Crippen LogP contribution in [0.25, 0.3) is 0 Å². The van der Waals surface area contributed by atoms with Gasteiger partial charge in [0.05, 0.1) is 0 Å². The Kier molecular flexibility index (Phi) is 7.08. The summed E-state index contributed by atoms with van der Waals surface area (Å²) in [5.41, 5.74) is 1.29. The predicted molar refractivity (Wildman–Crippen MR) is 87.0 cm³/mol. The Labute approximate surface area is 124 Å². The lowest BCUT2D eigenvalue weighted by atomic mass is 10.0. The van der Waals surface area contributed by atoms with Gasteiger partial charge in [-0.05, 0) is 62.4 Å². The monoisotopic (exact) mass is 277 g/mol. The summed E-state index contributed by atoms with van der Waals surface area (Å²) in [5, 5.41) is 9.42. The van der Waals surface area contributed by atoms with Gasteiger partial charge in [0, 0.05) is 6.04 Å². The van der Waals surface area contributed by atoms with Crippen molar-refractivity contribution in [1.82, 2.24) is 4.90 Å². The minimum absolute atomic E-state index is 0.344. The molecule has 1 N–H and O–H groups in total. The largest absolute Gasteiger partial charge is 0.508 e. The Balaban J connectivity index is 2.71. The van der Waals surface area contributed by atoms with Gasteiger partial charge in [-0.25, -0.2) is 0 Å². The van der Waals surface area contributed by atoms with Crippen LogP contribution in [0.4, 0.5) is 0 Å². The van der Waals surface area contributed by atoms with Gasteiger partial charge in [-0.15, -0.1) is 0 Å². The smallest absolute Gasteiger partial charge is 0.115 e. The second kappa shape index (κ2) is 8.31. The lowest BCUT2D eigenvalue weighted by Gasteiger charge is -2.30. The lowest BCUT2D eigenvalue weighted by molar-refractivity contribution is 0.188.